The Hall–Kier alpha value is -3.63. The van der Waals surface area contributed by atoms with Crippen molar-refractivity contribution < 1.29 is 42.1 Å². The Labute approximate surface area is 207 Å². The van der Waals surface area contributed by atoms with Gasteiger partial charge in [0.1, 0.15) is 23.1 Å². The Balaban J connectivity index is 1.80. The highest BCUT2D eigenvalue weighted by atomic mass is 35.5. The monoisotopic (exact) mass is 519 g/mol. The number of rotatable bonds is 4. The summed E-state index contributed by atoms with van der Waals surface area (Å²) in [5.41, 5.74) is -4.19. The van der Waals surface area contributed by atoms with Gasteiger partial charge in [0.25, 0.3) is 0 Å². The van der Waals surface area contributed by atoms with Crippen LogP contribution in [-0.4, -0.2) is 35.3 Å². The summed E-state index contributed by atoms with van der Waals surface area (Å²) in [4.78, 5) is 31.4. The van der Waals surface area contributed by atoms with Crippen LogP contribution in [0.5, 0.6) is 11.5 Å². The van der Waals surface area contributed by atoms with Gasteiger partial charge in [0.15, 0.2) is 5.60 Å². The van der Waals surface area contributed by atoms with Gasteiger partial charge in [-0.2, -0.15) is 0 Å². The Bertz CT molecular complexity index is 1350. The standard InChI is InChI=1S/C25H17ClF3NO6/c1-34-21(31)19-18(13-5-3-2-4-6-13)24(14-7-9-16(10-8-14)35-25(27,28)29)22(32)23(19,33)20-17(36-24)11-15(26)12-30-20/h2-12,18-19,33H,1H3/t18?,19?,23-,24?/m1/s1. The van der Waals surface area contributed by atoms with E-state index in [0.717, 1.165) is 19.2 Å². The first-order valence-electron chi connectivity index (χ1n) is 10.6. The van der Waals surface area contributed by atoms with Gasteiger partial charge in [-0.05, 0) is 17.7 Å². The molecule has 3 unspecified atom stereocenters. The van der Waals surface area contributed by atoms with Gasteiger partial charge in [-0.15, -0.1) is 13.2 Å². The normalized spacial score (nSPS) is 26.7. The molecule has 1 aromatic heterocycles. The minimum atomic E-state index is -4.92. The largest absolute Gasteiger partial charge is 0.573 e. The van der Waals surface area contributed by atoms with Crippen LogP contribution in [0.4, 0.5) is 13.2 Å². The van der Waals surface area contributed by atoms with E-state index in [4.69, 9.17) is 21.1 Å². The van der Waals surface area contributed by atoms with Gasteiger partial charge < -0.3 is 19.3 Å². The fraction of sp³-hybridized carbons (Fsp3) is 0.240. The van der Waals surface area contributed by atoms with Crippen molar-refractivity contribution >= 4 is 23.4 Å². The Morgan fingerprint density at radius 3 is 2.42 bits per heavy atom. The number of ether oxygens (including phenoxy) is 3. The molecule has 2 heterocycles. The second kappa shape index (κ2) is 8.21. The molecule has 2 bridgehead atoms. The molecule has 1 aliphatic heterocycles. The fourth-order valence-corrected chi connectivity index (χ4v) is 5.31. The number of methoxy groups -OCH3 is 1. The zero-order valence-electron chi connectivity index (χ0n) is 18.5. The Morgan fingerprint density at radius 1 is 1.14 bits per heavy atom. The van der Waals surface area contributed by atoms with E-state index in [1.54, 1.807) is 30.3 Å². The Kier molecular flexibility index (Phi) is 5.49. The molecule has 1 N–H and O–H groups in total. The van der Waals surface area contributed by atoms with E-state index in [0.29, 0.717) is 5.56 Å². The number of carbonyl (C=O) groups is 2. The van der Waals surface area contributed by atoms with E-state index in [9.17, 15) is 27.9 Å². The molecule has 2 aromatic carbocycles. The number of halogens is 4. The lowest BCUT2D eigenvalue weighted by atomic mass is 9.75. The highest BCUT2D eigenvalue weighted by Gasteiger charge is 2.77. The third-order valence-corrected chi connectivity index (χ3v) is 6.69. The lowest BCUT2D eigenvalue weighted by Gasteiger charge is -2.38. The lowest BCUT2D eigenvalue weighted by Crippen LogP contribution is -2.51. The second-order valence-electron chi connectivity index (χ2n) is 8.39. The number of fused-ring (bicyclic) bond motifs is 4. The average Bonchev–Trinajstić information content (AvgIpc) is 2.97. The number of hydrogen-bond acceptors (Lipinski definition) is 7. The summed E-state index contributed by atoms with van der Waals surface area (Å²) < 4.78 is 53.4. The van der Waals surface area contributed by atoms with Crippen molar-refractivity contribution in [3.8, 4) is 11.5 Å². The summed E-state index contributed by atoms with van der Waals surface area (Å²) in [6, 6.07) is 14.2. The van der Waals surface area contributed by atoms with Gasteiger partial charge in [0.2, 0.25) is 11.4 Å². The van der Waals surface area contributed by atoms with Crippen molar-refractivity contribution in [2.24, 2.45) is 5.92 Å². The molecule has 11 heteroatoms. The first-order valence-corrected chi connectivity index (χ1v) is 11.0. The number of pyridine rings is 1. The maximum absolute atomic E-state index is 14.1. The molecule has 36 heavy (non-hydrogen) atoms. The van der Waals surface area contributed by atoms with Crippen molar-refractivity contribution in [3.05, 3.63) is 88.7 Å². The van der Waals surface area contributed by atoms with Gasteiger partial charge in [-0.3, -0.25) is 14.6 Å². The van der Waals surface area contributed by atoms with Crippen LogP contribution < -0.4 is 9.47 Å². The molecule has 2 aliphatic rings. The van der Waals surface area contributed by atoms with Crippen LogP contribution in [0.1, 0.15) is 22.7 Å². The number of aliphatic hydroxyl groups is 1. The summed E-state index contributed by atoms with van der Waals surface area (Å²) in [6.45, 7) is 0. The molecular formula is C25H17ClF3NO6. The Morgan fingerprint density at radius 2 is 1.81 bits per heavy atom. The quantitative estimate of drug-likeness (QED) is 0.514. The van der Waals surface area contributed by atoms with Gasteiger partial charge >= 0.3 is 12.3 Å². The average molecular weight is 520 g/mol. The van der Waals surface area contributed by atoms with Crippen molar-refractivity contribution in [1.82, 2.24) is 4.98 Å². The van der Waals surface area contributed by atoms with Gasteiger partial charge in [-0.25, -0.2) is 0 Å². The number of Topliss-reactive ketones (excluding diaryl/α,β-unsaturated/α-hetero) is 1. The smallest absolute Gasteiger partial charge is 0.472 e. The number of benzene rings is 2. The van der Waals surface area contributed by atoms with E-state index in [1.165, 1.54) is 24.4 Å². The molecular weight excluding hydrogens is 503 g/mol. The predicted octanol–water partition coefficient (Wildman–Crippen LogP) is 4.26. The zero-order chi connectivity index (χ0) is 25.9. The van der Waals surface area contributed by atoms with Crippen LogP contribution in [0, 0.1) is 5.92 Å². The van der Waals surface area contributed by atoms with Crippen LogP contribution in [0.3, 0.4) is 0 Å². The first-order chi connectivity index (χ1) is 17.0. The number of esters is 1. The number of hydrogen-bond donors (Lipinski definition) is 1. The van der Waals surface area contributed by atoms with Crippen molar-refractivity contribution in [3.63, 3.8) is 0 Å². The number of nitrogens with zero attached hydrogens (tertiary/aromatic N) is 1. The summed E-state index contributed by atoms with van der Waals surface area (Å²) in [5, 5.41) is 12.1. The van der Waals surface area contributed by atoms with E-state index in [-0.39, 0.29) is 22.0 Å². The van der Waals surface area contributed by atoms with E-state index < -0.39 is 46.9 Å². The summed E-state index contributed by atoms with van der Waals surface area (Å²) in [7, 11) is 1.12. The SMILES string of the molecule is COC(=O)C1C(c2ccccc2)C2(c3ccc(OC(F)(F)F)cc3)Oc3cc(Cl)cnc3[C@@]1(O)C2=O. The van der Waals surface area contributed by atoms with Crippen LogP contribution in [-0.2, 0) is 25.5 Å². The molecule has 1 aliphatic carbocycles. The number of alkyl halides is 3. The molecule has 5 rings (SSSR count). The summed E-state index contributed by atoms with van der Waals surface area (Å²) >= 11 is 6.10. The predicted molar refractivity (Wildman–Crippen MR) is 118 cm³/mol. The molecule has 0 radical (unpaired) electrons. The van der Waals surface area contributed by atoms with Crippen molar-refractivity contribution in [2.45, 2.75) is 23.5 Å². The third kappa shape index (κ3) is 3.43. The molecule has 4 atom stereocenters. The van der Waals surface area contributed by atoms with E-state index >= 15 is 0 Å². The maximum atomic E-state index is 14.1. The number of aromatic nitrogens is 1. The van der Waals surface area contributed by atoms with Crippen LogP contribution >= 0.6 is 11.6 Å². The topological polar surface area (TPSA) is 95.0 Å². The summed E-state index contributed by atoms with van der Waals surface area (Å²) in [6.07, 6.45) is -3.72. The molecule has 1 fully saturated rings. The van der Waals surface area contributed by atoms with Gasteiger partial charge in [0.05, 0.1) is 18.1 Å². The molecule has 1 saturated carbocycles. The van der Waals surface area contributed by atoms with Crippen LogP contribution in [0.2, 0.25) is 5.02 Å². The highest BCUT2D eigenvalue weighted by Crippen LogP contribution is 2.64. The maximum Gasteiger partial charge on any atom is 0.573 e. The lowest BCUT2D eigenvalue weighted by molar-refractivity contribution is -0.274. The van der Waals surface area contributed by atoms with E-state index in [2.05, 4.69) is 9.72 Å². The number of carbonyl (C=O) groups excluding carboxylic acids is 2. The van der Waals surface area contributed by atoms with E-state index in [1.807, 2.05) is 0 Å². The van der Waals surface area contributed by atoms with Gasteiger partial charge in [-0.1, -0.05) is 54.1 Å². The third-order valence-electron chi connectivity index (χ3n) is 6.49. The molecule has 3 aromatic rings. The number of ketones is 1. The summed E-state index contributed by atoms with van der Waals surface area (Å²) in [5.74, 6) is -5.03. The van der Waals surface area contributed by atoms with Crippen LogP contribution in [0.25, 0.3) is 0 Å². The second-order valence-corrected chi connectivity index (χ2v) is 8.83. The molecule has 0 amide bonds. The first kappa shape index (κ1) is 24.1. The van der Waals surface area contributed by atoms with Crippen LogP contribution in [0.15, 0.2) is 66.9 Å². The van der Waals surface area contributed by atoms with Crippen molar-refractivity contribution in [1.29, 1.82) is 0 Å². The van der Waals surface area contributed by atoms with Crippen molar-refractivity contribution in [2.75, 3.05) is 7.11 Å². The highest BCUT2D eigenvalue weighted by molar-refractivity contribution is 6.30. The molecule has 0 spiro atoms. The molecule has 7 nitrogen and oxygen atoms in total. The van der Waals surface area contributed by atoms with Gasteiger partial charge in [0, 0.05) is 17.8 Å². The molecule has 186 valence electrons. The molecule has 0 saturated heterocycles. The minimum absolute atomic E-state index is 0.0486. The minimum Gasteiger partial charge on any atom is -0.472 e. The zero-order valence-corrected chi connectivity index (χ0v) is 19.2. The fourth-order valence-electron chi connectivity index (χ4n) is 5.16.